The molecule has 0 aliphatic carbocycles. The fraction of sp³-hybridized carbons (Fsp3) is 0.600. The van der Waals surface area contributed by atoms with Gasteiger partial charge in [0, 0.05) is 24.8 Å². The van der Waals surface area contributed by atoms with Gasteiger partial charge in [-0.15, -0.1) is 0 Å². The molecule has 2 rings (SSSR count). The van der Waals surface area contributed by atoms with Gasteiger partial charge in [0.1, 0.15) is 5.69 Å². The molecule has 5 nitrogen and oxygen atoms in total. The molecule has 0 saturated carbocycles. The number of nitrogens with two attached hydrogens (primary N) is 1. The molecule has 15 heavy (non-hydrogen) atoms. The number of aromatic nitrogens is 2. The topological polar surface area (TPSA) is 75.0 Å². The number of hydrogen-bond acceptors (Lipinski definition) is 3. The number of carbonyl (C=O) groups is 1. The van der Waals surface area contributed by atoms with Crippen molar-refractivity contribution in [2.45, 2.75) is 25.8 Å². The zero-order chi connectivity index (χ0) is 10.8. The van der Waals surface area contributed by atoms with E-state index in [4.69, 9.17) is 5.73 Å². The third-order valence-electron chi connectivity index (χ3n) is 2.74. The minimum atomic E-state index is -0.0149. The van der Waals surface area contributed by atoms with Crippen molar-refractivity contribution in [1.82, 2.24) is 15.1 Å². The summed E-state index contributed by atoms with van der Waals surface area (Å²) in [4.78, 5) is 13.7. The van der Waals surface area contributed by atoms with E-state index in [-0.39, 0.29) is 11.9 Å². The van der Waals surface area contributed by atoms with Crippen molar-refractivity contribution in [2.75, 3.05) is 13.1 Å². The zero-order valence-corrected chi connectivity index (χ0v) is 8.86. The van der Waals surface area contributed by atoms with E-state index in [1.807, 2.05) is 13.0 Å². The Kier molecular flexibility index (Phi) is 2.73. The Labute approximate surface area is 88.6 Å². The monoisotopic (exact) mass is 208 g/mol. The smallest absolute Gasteiger partial charge is 0.274 e. The van der Waals surface area contributed by atoms with Crippen molar-refractivity contribution in [3.63, 3.8) is 0 Å². The third kappa shape index (κ3) is 2.02. The van der Waals surface area contributed by atoms with Gasteiger partial charge in [-0.1, -0.05) is 6.92 Å². The van der Waals surface area contributed by atoms with Gasteiger partial charge in [-0.25, -0.2) is 0 Å². The summed E-state index contributed by atoms with van der Waals surface area (Å²) in [7, 11) is 0. The first kappa shape index (κ1) is 10.2. The van der Waals surface area contributed by atoms with Gasteiger partial charge >= 0.3 is 0 Å². The van der Waals surface area contributed by atoms with Gasteiger partial charge in [-0.3, -0.25) is 9.89 Å². The Bertz CT molecular complexity index is 360. The van der Waals surface area contributed by atoms with Crippen LogP contribution in [-0.2, 0) is 6.42 Å². The number of aryl methyl sites for hydroxylation is 1. The molecule has 1 aliphatic heterocycles. The molecule has 1 aliphatic rings. The van der Waals surface area contributed by atoms with Crippen molar-refractivity contribution >= 4 is 5.91 Å². The second-order valence-electron chi connectivity index (χ2n) is 3.93. The summed E-state index contributed by atoms with van der Waals surface area (Å²) < 4.78 is 0. The van der Waals surface area contributed by atoms with Gasteiger partial charge in [0.25, 0.3) is 5.91 Å². The van der Waals surface area contributed by atoms with E-state index in [1.165, 1.54) is 0 Å². The van der Waals surface area contributed by atoms with Gasteiger partial charge in [0.2, 0.25) is 0 Å². The van der Waals surface area contributed by atoms with Crippen molar-refractivity contribution in [3.05, 3.63) is 17.5 Å². The zero-order valence-electron chi connectivity index (χ0n) is 8.86. The molecule has 3 N–H and O–H groups in total. The maximum Gasteiger partial charge on any atom is 0.274 e. The fourth-order valence-corrected chi connectivity index (χ4v) is 1.79. The van der Waals surface area contributed by atoms with E-state index in [0.717, 1.165) is 25.1 Å². The van der Waals surface area contributed by atoms with E-state index in [9.17, 15) is 4.79 Å². The molecule has 0 unspecified atom stereocenters. The highest BCUT2D eigenvalue weighted by molar-refractivity contribution is 5.92. The van der Waals surface area contributed by atoms with Crippen LogP contribution in [0.4, 0.5) is 0 Å². The van der Waals surface area contributed by atoms with E-state index < -0.39 is 0 Å². The highest BCUT2D eigenvalue weighted by Gasteiger charge is 2.25. The molecule has 1 aromatic heterocycles. The van der Waals surface area contributed by atoms with Gasteiger partial charge in [-0.2, -0.15) is 5.10 Å². The van der Waals surface area contributed by atoms with Crippen LogP contribution < -0.4 is 5.73 Å². The number of amides is 1. The van der Waals surface area contributed by atoms with E-state index >= 15 is 0 Å². The molecule has 82 valence electrons. The Morgan fingerprint density at radius 3 is 3.13 bits per heavy atom. The highest BCUT2D eigenvalue weighted by atomic mass is 16.2. The molecule has 1 atom stereocenters. The lowest BCUT2D eigenvalue weighted by molar-refractivity contribution is 0.0785. The average molecular weight is 208 g/mol. The minimum absolute atomic E-state index is 0.0149. The molecule has 0 radical (unpaired) electrons. The minimum Gasteiger partial charge on any atom is -0.336 e. The lowest BCUT2D eigenvalue weighted by Crippen LogP contribution is -2.32. The van der Waals surface area contributed by atoms with Crippen LogP contribution in [0.5, 0.6) is 0 Å². The Morgan fingerprint density at radius 1 is 1.80 bits per heavy atom. The molecule has 2 heterocycles. The standard InChI is InChI=1S/C10H16N4O/c1-2-8-5-9(13-12-8)10(15)14-4-3-7(11)6-14/h5,7H,2-4,6,11H2,1H3,(H,12,13)/t7-/m1/s1. The number of H-pyrrole nitrogens is 1. The third-order valence-corrected chi connectivity index (χ3v) is 2.74. The summed E-state index contributed by atoms with van der Waals surface area (Å²) in [5.74, 6) is -0.0149. The van der Waals surface area contributed by atoms with Crippen LogP contribution in [0.15, 0.2) is 6.07 Å². The van der Waals surface area contributed by atoms with Crippen LogP contribution >= 0.6 is 0 Å². The normalized spacial score (nSPS) is 20.9. The molecule has 1 fully saturated rings. The van der Waals surface area contributed by atoms with Crippen molar-refractivity contribution in [3.8, 4) is 0 Å². The number of nitrogens with zero attached hydrogens (tertiary/aromatic N) is 2. The average Bonchev–Trinajstić information content (AvgIpc) is 2.84. The van der Waals surface area contributed by atoms with E-state index in [1.54, 1.807) is 4.90 Å². The molecule has 1 saturated heterocycles. The van der Waals surface area contributed by atoms with Crippen molar-refractivity contribution in [1.29, 1.82) is 0 Å². The molecule has 0 aromatic carbocycles. The molecule has 1 aromatic rings. The second-order valence-corrected chi connectivity index (χ2v) is 3.93. The largest absolute Gasteiger partial charge is 0.336 e. The van der Waals surface area contributed by atoms with Gasteiger partial charge in [-0.05, 0) is 18.9 Å². The number of carbonyl (C=O) groups excluding carboxylic acids is 1. The first-order valence-corrected chi connectivity index (χ1v) is 5.30. The number of likely N-dealkylation sites (tertiary alicyclic amines) is 1. The van der Waals surface area contributed by atoms with Crippen LogP contribution in [-0.4, -0.2) is 40.1 Å². The number of aromatic amines is 1. The predicted molar refractivity (Wildman–Crippen MR) is 56.5 cm³/mol. The number of hydrogen-bond donors (Lipinski definition) is 2. The van der Waals surface area contributed by atoms with Gasteiger partial charge in [0.05, 0.1) is 0 Å². The Hall–Kier alpha value is -1.36. The molecule has 5 heteroatoms. The summed E-state index contributed by atoms with van der Waals surface area (Å²) in [6.45, 7) is 3.41. The first-order valence-electron chi connectivity index (χ1n) is 5.30. The summed E-state index contributed by atoms with van der Waals surface area (Å²) in [6.07, 6.45) is 1.75. The predicted octanol–water partition coefficient (Wildman–Crippen LogP) is 0.145. The SMILES string of the molecule is CCc1cc(C(=O)N2CC[C@@H](N)C2)n[nH]1. The molecule has 1 amide bonds. The van der Waals surface area contributed by atoms with Crippen LogP contribution in [0, 0.1) is 0 Å². The maximum absolute atomic E-state index is 11.9. The molecular formula is C10H16N4O. The summed E-state index contributed by atoms with van der Waals surface area (Å²) in [5.41, 5.74) is 7.24. The number of nitrogens with one attached hydrogen (secondary N) is 1. The molecular weight excluding hydrogens is 192 g/mol. The first-order chi connectivity index (χ1) is 7.20. The van der Waals surface area contributed by atoms with Crippen molar-refractivity contribution in [2.24, 2.45) is 5.73 Å². The maximum atomic E-state index is 11.9. The van der Waals surface area contributed by atoms with Gasteiger partial charge < -0.3 is 10.6 Å². The van der Waals surface area contributed by atoms with E-state index in [2.05, 4.69) is 10.2 Å². The molecule has 0 bridgehead atoms. The van der Waals surface area contributed by atoms with Crippen molar-refractivity contribution < 1.29 is 4.79 Å². The Balaban J connectivity index is 2.07. The quantitative estimate of drug-likeness (QED) is 0.726. The Morgan fingerprint density at radius 2 is 2.60 bits per heavy atom. The highest BCUT2D eigenvalue weighted by Crippen LogP contribution is 2.11. The van der Waals surface area contributed by atoms with Gasteiger partial charge in [0.15, 0.2) is 0 Å². The fourth-order valence-electron chi connectivity index (χ4n) is 1.79. The second kappa shape index (κ2) is 4.02. The van der Waals surface area contributed by atoms with Crippen LogP contribution in [0.1, 0.15) is 29.5 Å². The summed E-state index contributed by atoms with van der Waals surface area (Å²) in [6, 6.07) is 1.94. The molecule has 0 spiro atoms. The van der Waals surface area contributed by atoms with Crippen LogP contribution in [0.25, 0.3) is 0 Å². The summed E-state index contributed by atoms with van der Waals surface area (Å²) in [5, 5.41) is 6.84. The lowest BCUT2D eigenvalue weighted by Gasteiger charge is -2.13. The van der Waals surface area contributed by atoms with Crippen LogP contribution in [0.2, 0.25) is 0 Å². The number of rotatable bonds is 2. The van der Waals surface area contributed by atoms with Crippen LogP contribution in [0.3, 0.4) is 0 Å². The lowest BCUT2D eigenvalue weighted by atomic mass is 10.3. The van der Waals surface area contributed by atoms with E-state index in [0.29, 0.717) is 12.2 Å². The summed E-state index contributed by atoms with van der Waals surface area (Å²) >= 11 is 0.